The van der Waals surface area contributed by atoms with Crippen molar-refractivity contribution in [1.82, 2.24) is 30.2 Å². The lowest BCUT2D eigenvalue weighted by atomic mass is 9.87. The van der Waals surface area contributed by atoms with E-state index in [4.69, 9.17) is 19.5 Å². The van der Waals surface area contributed by atoms with Crippen molar-refractivity contribution in [1.29, 1.82) is 0 Å². The summed E-state index contributed by atoms with van der Waals surface area (Å²) in [5, 5.41) is 26.6. The molecule has 28 heteroatoms. The molecule has 366 valence electrons. The van der Waals surface area contributed by atoms with Crippen LogP contribution in [0.25, 0.3) is 11.2 Å². The van der Waals surface area contributed by atoms with E-state index in [0.717, 1.165) is 54.2 Å². The lowest BCUT2D eigenvalue weighted by Crippen LogP contribution is -2.46. The van der Waals surface area contributed by atoms with Crippen molar-refractivity contribution in [2.45, 2.75) is 135 Å². The van der Waals surface area contributed by atoms with Gasteiger partial charge in [0, 0.05) is 37.1 Å². The molecule has 0 saturated carbocycles. The number of imidazole rings is 1. The van der Waals surface area contributed by atoms with Crippen LogP contribution in [0.4, 0.5) is 5.82 Å². The molecule has 3 heterocycles. The monoisotopic (exact) mass is 991 g/mol. The molecule has 0 radical (unpaired) electrons. The van der Waals surface area contributed by atoms with Crippen LogP contribution in [0.5, 0.6) is 0 Å². The van der Waals surface area contributed by atoms with E-state index in [1.165, 1.54) is 58.8 Å². The Balaban J connectivity index is 1.34. The number of phosphoric acid groups is 3. The average molecular weight is 992 g/mol. The Morgan fingerprint density at radius 3 is 2.23 bits per heavy atom. The molecule has 2 aromatic heterocycles. The van der Waals surface area contributed by atoms with Crippen molar-refractivity contribution in [2.75, 3.05) is 37.8 Å². The standard InChI is InChI=1S/C36H64N7O17P3S/c1-5-24(2)14-12-10-8-6-7-9-11-13-15-27(45)64-19-18-38-26(44)16-17-39-34(48)31(47)36(3,4)21-57-63(54,55)60-62(52,53)56-20-25-30(59-61(49,50)51)29(46)35(58-25)43-23-42-28-32(37)40-22-41-33(28)43/h22-25,29-31,35,46-47H,5-21H2,1-4H3,(H,38,44)(H,39,48)(H,52,53)(H,54,55)(H2,37,40,41)(H2,49,50,51). The summed E-state index contributed by atoms with van der Waals surface area (Å²) in [7, 11) is -16.4. The van der Waals surface area contributed by atoms with E-state index >= 15 is 0 Å². The van der Waals surface area contributed by atoms with E-state index < -0.39 is 84.6 Å². The number of rotatable bonds is 31. The molecule has 0 bridgehead atoms. The van der Waals surface area contributed by atoms with E-state index in [9.17, 15) is 57.9 Å². The maximum atomic E-state index is 12.7. The maximum absolute atomic E-state index is 12.7. The Bertz CT molecular complexity index is 1960. The van der Waals surface area contributed by atoms with Gasteiger partial charge in [0.1, 0.15) is 36.3 Å². The van der Waals surface area contributed by atoms with Gasteiger partial charge in [0.2, 0.25) is 11.8 Å². The number of thioether (sulfide) groups is 1. The zero-order valence-corrected chi connectivity index (χ0v) is 39.9. The number of nitrogens with one attached hydrogen (secondary N) is 2. The summed E-state index contributed by atoms with van der Waals surface area (Å²) < 4.78 is 62.4. The lowest BCUT2D eigenvalue weighted by molar-refractivity contribution is -0.137. The topological polar surface area (TPSA) is 364 Å². The first-order chi connectivity index (χ1) is 29.9. The Morgan fingerprint density at radius 1 is 0.938 bits per heavy atom. The van der Waals surface area contributed by atoms with Gasteiger partial charge in [-0.3, -0.25) is 32.5 Å². The second kappa shape index (κ2) is 26.2. The molecule has 0 aliphatic carbocycles. The number of anilines is 1. The number of phosphoric ester groups is 3. The van der Waals surface area contributed by atoms with Crippen LogP contribution in [-0.2, 0) is 50.7 Å². The average Bonchev–Trinajstić information content (AvgIpc) is 3.78. The third-order valence-electron chi connectivity index (χ3n) is 10.3. The molecule has 3 rings (SSSR count). The molecule has 8 unspecified atom stereocenters. The van der Waals surface area contributed by atoms with E-state index in [2.05, 4.69) is 48.3 Å². The summed E-state index contributed by atoms with van der Waals surface area (Å²) in [4.78, 5) is 88.2. The number of unbranched alkanes of at least 4 members (excludes halogenated alkanes) is 7. The van der Waals surface area contributed by atoms with Gasteiger partial charge in [0.25, 0.3) is 0 Å². The number of aliphatic hydroxyl groups excluding tert-OH is 2. The predicted molar refractivity (Wildman–Crippen MR) is 233 cm³/mol. The number of nitrogens with zero attached hydrogens (tertiary/aromatic N) is 4. The van der Waals surface area contributed by atoms with Gasteiger partial charge in [0.15, 0.2) is 22.8 Å². The molecule has 0 aromatic carbocycles. The van der Waals surface area contributed by atoms with E-state index in [1.54, 1.807) is 0 Å². The van der Waals surface area contributed by atoms with E-state index in [1.807, 2.05) is 0 Å². The summed E-state index contributed by atoms with van der Waals surface area (Å²) in [6, 6.07) is 0. The van der Waals surface area contributed by atoms with Crippen molar-refractivity contribution in [3.05, 3.63) is 12.7 Å². The molecule has 2 aromatic rings. The number of aliphatic hydroxyl groups is 2. The van der Waals surface area contributed by atoms with Gasteiger partial charge < -0.3 is 50.9 Å². The first-order valence-corrected chi connectivity index (χ1v) is 26.5. The van der Waals surface area contributed by atoms with Crippen LogP contribution >= 0.6 is 35.2 Å². The van der Waals surface area contributed by atoms with Crippen LogP contribution in [-0.4, -0.2) is 123 Å². The molecular weight excluding hydrogens is 927 g/mol. The first-order valence-electron chi connectivity index (χ1n) is 21.0. The highest BCUT2D eigenvalue weighted by Gasteiger charge is 2.50. The fourth-order valence-corrected chi connectivity index (χ4v) is 9.94. The number of ether oxygens (including phenoxy) is 1. The number of aromatic nitrogens is 4. The van der Waals surface area contributed by atoms with Crippen LogP contribution in [0.2, 0.25) is 0 Å². The molecule has 1 fully saturated rings. The quantitative estimate of drug-likeness (QED) is 0.0385. The number of fused-ring (bicyclic) bond motifs is 1. The maximum Gasteiger partial charge on any atom is 0.481 e. The number of hydrogen-bond acceptors (Lipinski definition) is 18. The third-order valence-corrected chi connectivity index (χ3v) is 14.3. The Labute approximate surface area is 376 Å². The Hall–Kier alpha value is -2.44. The van der Waals surface area contributed by atoms with Crippen molar-refractivity contribution < 1.29 is 80.5 Å². The number of hydrogen-bond donors (Lipinski definition) is 9. The molecule has 8 atom stereocenters. The van der Waals surface area contributed by atoms with Gasteiger partial charge in [-0.15, -0.1) is 0 Å². The SMILES string of the molecule is CCC(C)CCCCCCCCCCC(=O)SCCNC(=O)CCNC(=O)C(O)C(C)(C)COP(=O)(O)OP(=O)(O)OCC1OC(n2cnc3c(N)ncnc32)C(O)C1OP(=O)(O)O. The minimum absolute atomic E-state index is 0.0334. The zero-order chi connectivity index (χ0) is 47.7. The molecule has 0 spiro atoms. The third kappa shape index (κ3) is 19.4. The fourth-order valence-electron chi connectivity index (χ4n) is 6.39. The molecule has 24 nitrogen and oxygen atoms in total. The van der Waals surface area contributed by atoms with Crippen molar-refractivity contribution in [3.8, 4) is 0 Å². The van der Waals surface area contributed by atoms with Gasteiger partial charge in [-0.25, -0.2) is 28.6 Å². The van der Waals surface area contributed by atoms with E-state index in [-0.39, 0.29) is 41.6 Å². The van der Waals surface area contributed by atoms with Gasteiger partial charge in [-0.2, -0.15) is 4.31 Å². The van der Waals surface area contributed by atoms with Gasteiger partial charge in [0.05, 0.1) is 19.5 Å². The molecular formula is C36H64N7O17P3S. The highest BCUT2D eigenvalue weighted by molar-refractivity contribution is 8.13. The normalized spacial score (nSPS) is 21.0. The van der Waals surface area contributed by atoms with Gasteiger partial charge >= 0.3 is 23.5 Å². The second-order valence-electron chi connectivity index (χ2n) is 16.2. The highest BCUT2D eigenvalue weighted by atomic mass is 32.2. The smallest absolute Gasteiger partial charge is 0.386 e. The summed E-state index contributed by atoms with van der Waals surface area (Å²) >= 11 is 1.15. The Morgan fingerprint density at radius 2 is 1.58 bits per heavy atom. The molecule has 1 aliphatic rings. The molecule has 10 N–H and O–H groups in total. The van der Waals surface area contributed by atoms with Crippen LogP contribution < -0.4 is 16.4 Å². The van der Waals surface area contributed by atoms with Crippen LogP contribution in [0.3, 0.4) is 0 Å². The highest BCUT2D eigenvalue weighted by Crippen LogP contribution is 2.61. The number of amides is 2. The lowest BCUT2D eigenvalue weighted by Gasteiger charge is -2.30. The van der Waals surface area contributed by atoms with E-state index in [0.29, 0.717) is 12.2 Å². The number of carbonyl (C=O) groups excluding carboxylic acids is 3. The molecule has 64 heavy (non-hydrogen) atoms. The zero-order valence-electron chi connectivity index (χ0n) is 36.4. The summed E-state index contributed by atoms with van der Waals surface area (Å²) in [5.41, 5.74) is 4.29. The second-order valence-corrected chi connectivity index (χ2v) is 21.6. The van der Waals surface area contributed by atoms with Crippen LogP contribution in [0.1, 0.15) is 111 Å². The Kier molecular flexibility index (Phi) is 22.9. The molecule has 2 amide bonds. The first kappa shape index (κ1) is 55.9. The number of carbonyl (C=O) groups is 3. The minimum Gasteiger partial charge on any atom is -0.386 e. The summed E-state index contributed by atoms with van der Waals surface area (Å²) in [5.74, 6) is -0.218. The minimum atomic E-state index is -5.57. The van der Waals surface area contributed by atoms with Crippen molar-refractivity contribution >= 4 is 69.1 Å². The summed E-state index contributed by atoms with van der Waals surface area (Å²) in [6.45, 7) is 5.10. The number of nitrogens with two attached hydrogens (primary N) is 1. The van der Waals surface area contributed by atoms with Crippen molar-refractivity contribution in [3.63, 3.8) is 0 Å². The van der Waals surface area contributed by atoms with Gasteiger partial charge in [-0.05, 0) is 12.3 Å². The predicted octanol–water partition coefficient (Wildman–Crippen LogP) is 3.61. The van der Waals surface area contributed by atoms with Crippen LogP contribution in [0, 0.1) is 11.3 Å². The van der Waals surface area contributed by atoms with Gasteiger partial charge in [-0.1, -0.05) is 97.2 Å². The molecule has 1 saturated heterocycles. The van der Waals surface area contributed by atoms with Crippen LogP contribution in [0.15, 0.2) is 12.7 Å². The largest absolute Gasteiger partial charge is 0.481 e. The molecule has 1 aliphatic heterocycles. The fraction of sp³-hybridized carbons (Fsp3) is 0.778. The summed E-state index contributed by atoms with van der Waals surface area (Å²) in [6.07, 6.45) is 5.36. The number of nitrogen functional groups attached to an aromatic ring is 1. The van der Waals surface area contributed by atoms with Crippen molar-refractivity contribution in [2.24, 2.45) is 11.3 Å².